The summed E-state index contributed by atoms with van der Waals surface area (Å²) in [5.74, 6) is -1.06. The number of ether oxygens (including phenoxy) is 1. The number of aromatic amines is 1. The van der Waals surface area contributed by atoms with Crippen LogP contribution in [0.2, 0.25) is 0 Å². The lowest BCUT2D eigenvalue weighted by Gasteiger charge is -2.26. The zero-order valence-corrected chi connectivity index (χ0v) is 14.2. The van der Waals surface area contributed by atoms with Crippen LogP contribution in [0, 0.1) is 10.1 Å². The smallest absolute Gasteiger partial charge is 0.343 e. The number of hydrogen-bond donors (Lipinski definition) is 2. The second-order valence-corrected chi connectivity index (χ2v) is 7.33. The number of nitrogens with one attached hydrogen (secondary N) is 2. The molecule has 12 heteroatoms. The number of H-pyrrole nitrogens is 1. The fraction of sp³-hybridized carbons (Fsp3) is 0.286. The summed E-state index contributed by atoms with van der Waals surface area (Å²) in [7, 11) is -3.62. The monoisotopic (exact) mass is 381 g/mol. The van der Waals surface area contributed by atoms with Gasteiger partial charge in [0.15, 0.2) is 5.69 Å². The molecule has 11 nitrogen and oxygen atoms in total. The first-order valence-corrected chi connectivity index (χ1v) is 9.01. The number of carbonyl (C=O) groups is 1. The number of nitrogens with zero attached hydrogens (tertiary/aromatic N) is 3. The zero-order chi connectivity index (χ0) is 18.7. The van der Waals surface area contributed by atoms with E-state index in [0.29, 0.717) is 32.0 Å². The maximum absolute atomic E-state index is 12.5. The van der Waals surface area contributed by atoms with E-state index in [2.05, 4.69) is 15.5 Å². The number of anilines is 1. The Hall–Kier alpha value is -2.83. The summed E-state index contributed by atoms with van der Waals surface area (Å²) in [5, 5.41) is 18.8. The van der Waals surface area contributed by atoms with Gasteiger partial charge in [-0.25, -0.2) is 8.42 Å². The minimum atomic E-state index is -3.62. The van der Waals surface area contributed by atoms with Crippen molar-refractivity contribution in [2.45, 2.75) is 4.90 Å². The van der Waals surface area contributed by atoms with E-state index in [0.717, 1.165) is 6.07 Å². The highest BCUT2D eigenvalue weighted by molar-refractivity contribution is 7.89. The molecule has 2 aromatic rings. The predicted octanol–water partition coefficient (Wildman–Crippen LogP) is 0.591. The number of benzene rings is 1. The normalized spacial score (nSPS) is 15.5. The lowest BCUT2D eigenvalue weighted by Crippen LogP contribution is -2.40. The van der Waals surface area contributed by atoms with Gasteiger partial charge in [-0.1, -0.05) is 5.10 Å². The maximum atomic E-state index is 12.5. The van der Waals surface area contributed by atoms with Gasteiger partial charge in [-0.2, -0.15) is 4.31 Å². The van der Waals surface area contributed by atoms with Crippen LogP contribution in [-0.2, 0) is 14.8 Å². The van der Waals surface area contributed by atoms with Crippen molar-refractivity contribution in [3.05, 3.63) is 46.1 Å². The molecule has 0 atom stereocenters. The number of aromatic nitrogens is 2. The van der Waals surface area contributed by atoms with E-state index < -0.39 is 26.7 Å². The van der Waals surface area contributed by atoms with E-state index in [1.165, 1.54) is 28.6 Å². The predicted molar refractivity (Wildman–Crippen MR) is 89.2 cm³/mol. The van der Waals surface area contributed by atoms with Crippen molar-refractivity contribution in [2.24, 2.45) is 0 Å². The summed E-state index contributed by atoms with van der Waals surface area (Å²) in [6.07, 6.45) is 0. The average molecular weight is 381 g/mol. The standard InChI is InChI=1S/C14H15N5O6S/c20-14(12-9-13(17-16-12)19(21)22)15-10-1-3-11(4-2-10)26(23,24)18-5-7-25-8-6-18/h1-4,9H,5-8H2,(H,15,20)(H,16,17). The zero-order valence-electron chi connectivity index (χ0n) is 13.4. The van der Waals surface area contributed by atoms with E-state index in [9.17, 15) is 23.3 Å². The van der Waals surface area contributed by atoms with Gasteiger partial charge in [-0.05, 0) is 29.2 Å². The maximum Gasteiger partial charge on any atom is 0.343 e. The number of morpholine rings is 1. The number of amides is 1. The Bertz CT molecular complexity index is 918. The highest BCUT2D eigenvalue weighted by Crippen LogP contribution is 2.20. The number of carbonyl (C=O) groups excluding carboxylic acids is 1. The van der Waals surface area contributed by atoms with Gasteiger partial charge < -0.3 is 20.2 Å². The SMILES string of the molecule is O=C(Nc1ccc(S(=O)(=O)N2CCOCC2)cc1)c1cc([N+](=O)[O-])[nH]n1. The molecule has 1 aromatic carbocycles. The van der Waals surface area contributed by atoms with E-state index >= 15 is 0 Å². The molecule has 1 aliphatic heterocycles. The van der Waals surface area contributed by atoms with Crippen LogP contribution in [0.3, 0.4) is 0 Å². The van der Waals surface area contributed by atoms with Gasteiger partial charge in [0, 0.05) is 18.8 Å². The topological polar surface area (TPSA) is 148 Å². The minimum absolute atomic E-state index is 0.104. The molecule has 0 radical (unpaired) electrons. The quantitative estimate of drug-likeness (QED) is 0.569. The van der Waals surface area contributed by atoms with Crippen LogP contribution >= 0.6 is 0 Å². The third-order valence-electron chi connectivity index (χ3n) is 3.71. The van der Waals surface area contributed by atoms with E-state index in [4.69, 9.17) is 4.74 Å². The van der Waals surface area contributed by atoms with Gasteiger partial charge in [-0.3, -0.25) is 4.79 Å². The Labute approximate surface area is 148 Å². The van der Waals surface area contributed by atoms with Gasteiger partial charge in [-0.15, -0.1) is 5.10 Å². The van der Waals surface area contributed by atoms with Crippen LogP contribution in [0.1, 0.15) is 10.5 Å². The van der Waals surface area contributed by atoms with E-state index in [1.807, 2.05) is 0 Å². The molecule has 2 N–H and O–H groups in total. The van der Waals surface area contributed by atoms with Crippen molar-refractivity contribution in [3.8, 4) is 0 Å². The lowest BCUT2D eigenvalue weighted by molar-refractivity contribution is -0.389. The number of sulfonamides is 1. The molecule has 0 spiro atoms. The molecular weight excluding hydrogens is 366 g/mol. The van der Waals surface area contributed by atoms with Crippen LogP contribution in [0.5, 0.6) is 0 Å². The lowest BCUT2D eigenvalue weighted by atomic mass is 10.3. The van der Waals surface area contributed by atoms with Crippen molar-refractivity contribution >= 4 is 27.4 Å². The summed E-state index contributed by atoms with van der Waals surface area (Å²) in [4.78, 5) is 22.0. The molecule has 3 rings (SSSR count). The molecule has 0 unspecified atom stereocenters. The molecule has 0 bridgehead atoms. The molecule has 138 valence electrons. The van der Waals surface area contributed by atoms with Crippen LogP contribution in [0.4, 0.5) is 11.5 Å². The average Bonchev–Trinajstić information content (AvgIpc) is 3.13. The number of rotatable bonds is 5. The largest absolute Gasteiger partial charge is 0.379 e. The van der Waals surface area contributed by atoms with Gasteiger partial charge >= 0.3 is 5.82 Å². The molecule has 1 saturated heterocycles. The van der Waals surface area contributed by atoms with Gasteiger partial charge in [0.1, 0.15) is 0 Å². The fourth-order valence-electron chi connectivity index (χ4n) is 2.36. The molecule has 0 saturated carbocycles. The second kappa shape index (κ2) is 7.19. The summed E-state index contributed by atoms with van der Waals surface area (Å²) in [5.41, 5.74) is 0.184. The van der Waals surface area contributed by atoms with Crippen molar-refractivity contribution in [1.82, 2.24) is 14.5 Å². The van der Waals surface area contributed by atoms with Crippen molar-refractivity contribution in [1.29, 1.82) is 0 Å². The molecular formula is C14H15N5O6S. The molecule has 26 heavy (non-hydrogen) atoms. The summed E-state index contributed by atoms with van der Waals surface area (Å²) < 4.78 is 31.5. The van der Waals surface area contributed by atoms with Crippen LogP contribution in [0.15, 0.2) is 35.2 Å². The molecule has 1 aliphatic rings. The fourth-order valence-corrected chi connectivity index (χ4v) is 3.77. The number of nitro groups is 1. The molecule has 0 aliphatic carbocycles. The Morgan fingerprint density at radius 3 is 2.50 bits per heavy atom. The Morgan fingerprint density at radius 2 is 1.92 bits per heavy atom. The molecule has 1 fully saturated rings. The number of hydrogen-bond acceptors (Lipinski definition) is 7. The molecule has 1 aromatic heterocycles. The first-order valence-electron chi connectivity index (χ1n) is 7.57. The Balaban J connectivity index is 1.70. The first kappa shape index (κ1) is 18.0. The first-order chi connectivity index (χ1) is 12.4. The van der Waals surface area contributed by atoms with Crippen molar-refractivity contribution in [3.63, 3.8) is 0 Å². The highest BCUT2D eigenvalue weighted by Gasteiger charge is 2.26. The highest BCUT2D eigenvalue weighted by atomic mass is 32.2. The van der Waals surface area contributed by atoms with Gasteiger partial charge in [0.05, 0.1) is 24.2 Å². The van der Waals surface area contributed by atoms with Gasteiger partial charge in [0.2, 0.25) is 10.0 Å². The van der Waals surface area contributed by atoms with Crippen LogP contribution in [0.25, 0.3) is 0 Å². The van der Waals surface area contributed by atoms with E-state index in [1.54, 1.807) is 0 Å². The Kier molecular flexibility index (Phi) is 4.97. The van der Waals surface area contributed by atoms with Crippen LogP contribution in [-0.4, -0.2) is 60.1 Å². The summed E-state index contributed by atoms with van der Waals surface area (Å²) in [6, 6.07) is 6.64. The van der Waals surface area contributed by atoms with E-state index in [-0.39, 0.29) is 10.6 Å². The molecule has 2 heterocycles. The molecule has 1 amide bonds. The summed E-state index contributed by atoms with van der Waals surface area (Å²) >= 11 is 0. The third-order valence-corrected chi connectivity index (χ3v) is 5.63. The second-order valence-electron chi connectivity index (χ2n) is 5.39. The summed E-state index contributed by atoms with van der Waals surface area (Å²) in [6.45, 7) is 1.28. The Morgan fingerprint density at radius 1 is 1.27 bits per heavy atom. The third kappa shape index (κ3) is 3.71. The minimum Gasteiger partial charge on any atom is -0.379 e. The van der Waals surface area contributed by atoms with Crippen molar-refractivity contribution < 1.29 is 22.9 Å². The van der Waals surface area contributed by atoms with Crippen LogP contribution < -0.4 is 5.32 Å². The van der Waals surface area contributed by atoms with Gasteiger partial charge in [0.25, 0.3) is 5.91 Å². The van der Waals surface area contributed by atoms with Crippen molar-refractivity contribution in [2.75, 3.05) is 31.6 Å².